The molecule has 1 fully saturated rings. The number of amides is 1. The first-order chi connectivity index (χ1) is 18.2. The average Bonchev–Trinajstić information content (AvgIpc) is 3.68. The topological polar surface area (TPSA) is 68.3 Å². The molecule has 3 aromatic rings. The number of anilines is 1. The van der Waals surface area contributed by atoms with Crippen LogP contribution in [-0.2, 0) is 14.3 Å². The number of nitrogens with one attached hydrogen (secondary N) is 1. The van der Waals surface area contributed by atoms with E-state index in [2.05, 4.69) is 10.3 Å². The fourth-order valence-corrected chi connectivity index (χ4v) is 4.98. The van der Waals surface area contributed by atoms with Crippen LogP contribution in [0.15, 0.2) is 54.7 Å². The maximum atomic E-state index is 13.9. The van der Waals surface area contributed by atoms with Gasteiger partial charge in [0.1, 0.15) is 5.60 Å². The van der Waals surface area contributed by atoms with Gasteiger partial charge in [-0.05, 0) is 80.8 Å². The quantitative estimate of drug-likeness (QED) is 0.283. The van der Waals surface area contributed by atoms with Crippen LogP contribution >= 0.6 is 11.6 Å². The molecular weight excluding hydrogens is 529 g/mol. The molecule has 1 amide bonds. The molecule has 0 radical (unpaired) electrons. The Bertz CT molecular complexity index is 1370. The van der Waals surface area contributed by atoms with E-state index < -0.39 is 29.5 Å². The van der Waals surface area contributed by atoms with Crippen LogP contribution in [0, 0.1) is 11.8 Å². The van der Waals surface area contributed by atoms with Crippen molar-refractivity contribution < 1.29 is 27.5 Å². The summed E-state index contributed by atoms with van der Waals surface area (Å²) in [5, 5.41) is 3.47. The Kier molecular flexibility index (Phi) is 8.26. The van der Waals surface area contributed by atoms with E-state index >= 15 is 0 Å². The number of nitrogens with zero attached hydrogens (tertiary/aromatic N) is 1. The Balaban J connectivity index is 1.63. The van der Waals surface area contributed by atoms with E-state index in [1.54, 1.807) is 69.3 Å². The van der Waals surface area contributed by atoms with Crippen molar-refractivity contribution in [3.05, 3.63) is 70.9 Å². The van der Waals surface area contributed by atoms with Crippen LogP contribution in [0.25, 0.3) is 10.9 Å². The van der Waals surface area contributed by atoms with Crippen LogP contribution in [0.4, 0.5) is 18.9 Å². The van der Waals surface area contributed by atoms with Crippen LogP contribution in [-0.4, -0.2) is 28.6 Å². The van der Waals surface area contributed by atoms with Gasteiger partial charge in [0.15, 0.2) is 0 Å². The van der Waals surface area contributed by atoms with E-state index in [9.17, 15) is 22.8 Å². The van der Waals surface area contributed by atoms with Crippen molar-refractivity contribution in [2.45, 2.75) is 70.6 Å². The van der Waals surface area contributed by atoms with Gasteiger partial charge in [-0.25, -0.2) is 0 Å². The van der Waals surface area contributed by atoms with Crippen LogP contribution in [0.1, 0.15) is 69.9 Å². The van der Waals surface area contributed by atoms with E-state index in [4.69, 9.17) is 16.3 Å². The lowest BCUT2D eigenvalue weighted by molar-refractivity contribution is -0.178. The van der Waals surface area contributed by atoms with E-state index in [1.807, 2.05) is 0 Å². The highest BCUT2D eigenvalue weighted by Crippen LogP contribution is 2.46. The smallest absolute Gasteiger partial charge is 0.392 e. The minimum atomic E-state index is -4.62. The number of rotatable bonds is 8. The van der Waals surface area contributed by atoms with Gasteiger partial charge in [-0.15, -0.1) is 0 Å². The summed E-state index contributed by atoms with van der Waals surface area (Å²) in [5.74, 6) is -4.57. The number of aromatic nitrogens is 1. The van der Waals surface area contributed by atoms with Crippen LogP contribution in [0.2, 0.25) is 5.02 Å². The summed E-state index contributed by atoms with van der Waals surface area (Å²) in [6.07, 6.45) is -1.23. The zero-order valence-electron chi connectivity index (χ0n) is 22.3. The summed E-state index contributed by atoms with van der Waals surface area (Å²) in [7, 11) is 0. The number of ether oxygens (including phenoxy) is 1. The van der Waals surface area contributed by atoms with Crippen molar-refractivity contribution in [1.29, 1.82) is 0 Å². The number of pyridine rings is 1. The molecule has 0 saturated heterocycles. The van der Waals surface area contributed by atoms with Crippen molar-refractivity contribution in [2.24, 2.45) is 11.8 Å². The van der Waals surface area contributed by atoms with Crippen LogP contribution < -0.4 is 5.32 Å². The molecular formula is C30H32ClF3N2O3. The zero-order chi connectivity index (χ0) is 28.5. The third-order valence-corrected chi connectivity index (χ3v) is 7.27. The Morgan fingerprint density at radius 1 is 1.08 bits per heavy atom. The molecule has 4 rings (SSSR count). The third kappa shape index (κ3) is 7.29. The number of hydrogen-bond acceptors (Lipinski definition) is 4. The number of alkyl halides is 3. The van der Waals surface area contributed by atoms with Gasteiger partial charge in [0.2, 0.25) is 5.91 Å². The van der Waals surface area contributed by atoms with E-state index in [-0.39, 0.29) is 40.5 Å². The lowest BCUT2D eigenvalue weighted by atomic mass is 9.86. The highest BCUT2D eigenvalue weighted by Gasteiger charge is 2.45. The minimum Gasteiger partial charge on any atom is -0.460 e. The van der Waals surface area contributed by atoms with Crippen LogP contribution in [0.3, 0.4) is 0 Å². The van der Waals surface area contributed by atoms with E-state index in [1.165, 1.54) is 6.20 Å². The van der Waals surface area contributed by atoms with Gasteiger partial charge >= 0.3 is 12.1 Å². The van der Waals surface area contributed by atoms with Crippen molar-refractivity contribution in [1.82, 2.24) is 4.98 Å². The van der Waals surface area contributed by atoms with Crippen molar-refractivity contribution in [3.8, 4) is 0 Å². The Hall–Kier alpha value is -3.13. The summed E-state index contributed by atoms with van der Waals surface area (Å²) < 4.78 is 47.2. The number of para-hydroxylation sites is 1. The Morgan fingerprint density at radius 3 is 2.41 bits per heavy atom. The fraction of sp³-hybridized carbons (Fsp3) is 0.433. The second-order valence-electron chi connectivity index (χ2n) is 11.2. The molecule has 9 heteroatoms. The molecule has 1 saturated carbocycles. The molecule has 1 aliphatic rings. The van der Waals surface area contributed by atoms with Crippen molar-refractivity contribution in [2.75, 3.05) is 5.32 Å². The predicted octanol–water partition coefficient (Wildman–Crippen LogP) is 8.03. The molecule has 1 N–H and O–H groups in total. The molecule has 2 aromatic carbocycles. The van der Waals surface area contributed by atoms with Gasteiger partial charge in [-0.3, -0.25) is 14.6 Å². The molecule has 208 valence electrons. The first-order valence-corrected chi connectivity index (χ1v) is 13.3. The summed E-state index contributed by atoms with van der Waals surface area (Å²) in [6, 6.07) is 13.6. The van der Waals surface area contributed by atoms with Gasteiger partial charge in [-0.1, -0.05) is 42.8 Å². The lowest BCUT2D eigenvalue weighted by Gasteiger charge is -2.26. The minimum absolute atomic E-state index is 0.151. The SMILES string of the molecule is C[C@H](C(C(=O)Nc1cc([C@@H](CC(=O)OC(C)(C)C)C2CC2)ccc1Cl)c1cnc2ccccc2c1)C(F)(F)F. The second-order valence-corrected chi connectivity index (χ2v) is 11.6. The number of carbonyl (C=O) groups is 2. The summed E-state index contributed by atoms with van der Waals surface area (Å²) in [6.45, 7) is 6.39. The van der Waals surface area contributed by atoms with Crippen LogP contribution in [0.5, 0.6) is 0 Å². The molecule has 1 unspecified atom stereocenters. The standard InChI is InChI=1S/C30H32ClF3N2O3/c1-17(30(32,33)34)27(21-13-20-7-5-6-8-24(20)35-16-21)28(38)36-25-14-19(11-12-23(25)31)22(18-9-10-18)15-26(37)39-29(2,3)4/h5-8,11-14,16-18,22,27H,9-10,15H2,1-4H3,(H,36,38)/t17-,22+,27?/m1/s1. The van der Waals surface area contributed by atoms with E-state index in [0.717, 1.165) is 25.3 Å². The molecule has 0 aliphatic heterocycles. The lowest BCUT2D eigenvalue weighted by Crippen LogP contribution is -2.34. The first-order valence-electron chi connectivity index (χ1n) is 13.0. The summed E-state index contributed by atoms with van der Waals surface area (Å²) in [4.78, 5) is 30.3. The molecule has 5 nitrogen and oxygen atoms in total. The van der Waals surface area contributed by atoms with Gasteiger partial charge in [0, 0.05) is 11.6 Å². The molecule has 1 aromatic heterocycles. The van der Waals surface area contributed by atoms with Crippen molar-refractivity contribution in [3.63, 3.8) is 0 Å². The number of esters is 1. The molecule has 0 bridgehead atoms. The van der Waals surface area contributed by atoms with Gasteiger partial charge in [0.05, 0.1) is 34.5 Å². The number of fused-ring (bicyclic) bond motifs is 1. The predicted molar refractivity (Wildman–Crippen MR) is 146 cm³/mol. The Morgan fingerprint density at radius 2 is 1.77 bits per heavy atom. The Labute approximate surface area is 231 Å². The maximum Gasteiger partial charge on any atom is 0.392 e. The molecule has 0 spiro atoms. The second kappa shape index (κ2) is 11.2. The third-order valence-electron chi connectivity index (χ3n) is 6.94. The number of benzene rings is 2. The number of halogens is 4. The molecule has 39 heavy (non-hydrogen) atoms. The number of carbonyl (C=O) groups excluding carboxylic acids is 2. The first kappa shape index (κ1) is 28.9. The highest BCUT2D eigenvalue weighted by molar-refractivity contribution is 6.33. The van der Waals surface area contributed by atoms with Gasteiger partial charge < -0.3 is 10.1 Å². The van der Waals surface area contributed by atoms with Crippen molar-refractivity contribution >= 4 is 40.1 Å². The van der Waals surface area contributed by atoms with Gasteiger partial charge in [0.25, 0.3) is 0 Å². The number of hydrogen-bond donors (Lipinski definition) is 1. The summed E-state index contributed by atoms with van der Waals surface area (Å²) >= 11 is 6.39. The highest BCUT2D eigenvalue weighted by atomic mass is 35.5. The molecule has 3 atom stereocenters. The van der Waals surface area contributed by atoms with E-state index in [0.29, 0.717) is 10.9 Å². The summed E-state index contributed by atoms with van der Waals surface area (Å²) in [5.41, 5.74) is 1.13. The molecule has 1 heterocycles. The molecule has 1 aliphatic carbocycles. The average molecular weight is 561 g/mol. The maximum absolute atomic E-state index is 13.9. The fourth-order valence-electron chi connectivity index (χ4n) is 4.81. The zero-order valence-corrected chi connectivity index (χ0v) is 23.1. The van der Waals surface area contributed by atoms with Gasteiger partial charge in [-0.2, -0.15) is 13.2 Å². The largest absolute Gasteiger partial charge is 0.460 e. The monoisotopic (exact) mass is 560 g/mol. The normalized spacial score (nSPS) is 16.4.